The number of anilines is 1. The fourth-order valence-corrected chi connectivity index (χ4v) is 4.62. The van der Waals surface area contributed by atoms with Gasteiger partial charge in [0.15, 0.2) is 0 Å². The van der Waals surface area contributed by atoms with Gasteiger partial charge in [0.05, 0.1) is 25.1 Å². The largest absolute Gasteiger partial charge is 0.497 e. The first-order valence-corrected chi connectivity index (χ1v) is 11.4. The van der Waals surface area contributed by atoms with Crippen LogP contribution in [-0.2, 0) is 14.8 Å². The van der Waals surface area contributed by atoms with Crippen LogP contribution in [0.2, 0.25) is 0 Å². The molecule has 0 heterocycles. The van der Waals surface area contributed by atoms with E-state index >= 15 is 0 Å². The van der Waals surface area contributed by atoms with Crippen LogP contribution in [0.25, 0.3) is 0 Å². The molecule has 0 fully saturated rings. The molecule has 0 saturated heterocycles. The fourth-order valence-electron chi connectivity index (χ4n) is 3.42. The lowest BCUT2D eigenvalue weighted by Gasteiger charge is -2.31. The Balaban J connectivity index is 2.32. The Morgan fingerprint density at radius 1 is 1.10 bits per heavy atom. The molecular formula is C22H30N2O4S. The molecule has 0 spiro atoms. The highest BCUT2D eigenvalue weighted by Crippen LogP contribution is 2.26. The third kappa shape index (κ3) is 5.73. The number of methoxy groups -OCH3 is 1. The zero-order valence-corrected chi connectivity index (χ0v) is 18.7. The van der Waals surface area contributed by atoms with E-state index in [9.17, 15) is 13.2 Å². The molecule has 6 nitrogen and oxygen atoms in total. The molecule has 0 saturated carbocycles. The van der Waals surface area contributed by atoms with Crippen LogP contribution in [0.4, 0.5) is 5.69 Å². The molecule has 29 heavy (non-hydrogen) atoms. The number of rotatable bonds is 8. The van der Waals surface area contributed by atoms with E-state index in [1.165, 1.54) is 4.31 Å². The van der Waals surface area contributed by atoms with Crippen molar-refractivity contribution in [3.8, 4) is 5.75 Å². The van der Waals surface area contributed by atoms with Crippen LogP contribution >= 0.6 is 0 Å². The third-order valence-corrected chi connectivity index (χ3v) is 5.95. The van der Waals surface area contributed by atoms with Crippen LogP contribution in [-0.4, -0.2) is 33.7 Å². The molecule has 2 atom stereocenters. The van der Waals surface area contributed by atoms with Crippen LogP contribution in [0.5, 0.6) is 5.75 Å². The Hall–Kier alpha value is -2.54. The van der Waals surface area contributed by atoms with Gasteiger partial charge in [0, 0.05) is 0 Å². The molecule has 0 unspecified atom stereocenters. The topological polar surface area (TPSA) is 75.7 Å². The molecule has 2 aromatic rings. The van der Waals surface area contributed by atoms with Gasteiger partial charge < -0.3 is 10.1 Å². The Morgan fingerprint density at radius 2 is 1.66 bits per heavy atom. The molecule has 7 heteroatoms. The number of hydrogen-bond donors (Lipinski definition) is 1. The van der Waals surface area contributed by atoms with Crippen molar-refractivity contribution in [3.63, 3.8) is 0 Å². The molecule has 158 valence electrons. The molecule has 2 rings (SSSR count). The highest BCUT2D eigenvalue weighted by molar-refractivity contribution is 7.92. The van der Waals surface area contributed by atoms with Gasteiger partial charge in [0.25, 0.3) is 0 Å². The average molecular weight is 419 g/mol. The van der Waals surface area contributed by atoms with Crippen molar-refractivity contribution in [3.05, 3.63) is 59.2 Å². The summed E-state index contributed by atoms with van der Waals surface area (Å²) < 4.78 is 31.6. The minimum Gasteiger partial charge on any atom is -0.497 e. The Bertz CT molecular complexity index is 935. The Labute approximate surface area is 173 Å². The number of nitrogens with one attached hydrogen (secondary N) is 1. The summed E-state index contributed by atoms with van der Waals surface area (Å²) in [6.07, 6.45) is 1.48. The number of carbonyl (C=O) groups is 1. The summed E-state index contributed by atoms with van der Waals surface area (Å²) in [5.74, 6) is 0.400. The SMILES string of the molecule is CC[C@H](C(=O)N[C@H](C)c1ccc(OC)cc1)N(c1cc(C)cc(C)c1)S(C)(=O)=O. The van der Waals surface area contributed by atoms with Gasteiger partial charge in [-0.1, -0.05) is 25.1 Å². The quantitative estimate of drug-likeness (QED) is 0.709. The van der Waals surface area contributed by atoms with Crippen molar-refractivity contribution in [1.82, 2.24) is 5.32 Å². The van der Waals surface area contributed by atoms with Gasteiger partial charge in [-0.2, -0.15) is 0 Å². The lowest BCUT2D eigenvalue weighted by Crippen LogP contribution is -2.49. The molecule has 0 radical (unpaired) electrons. The predicted octanol–water partition coefficient (Wildman–Crippen LogP) is 3.73. The van der Waals surface area contributed by atoms with E-state index in [0.29, 0.717) is 12.1 Å². The highest BCUT2D eigenvalue weighted by Gasteiger charge is 2.32. The van der Waals surface area contributed by atoms with Crippen LogP contribution in [0.3, 0.4) is 0 Å². The summed E-state index contributed by atoms with van der Waals surface area (Å²) in [5.41, 5.74) is 3.29. The molecule has 0 aliphatic heterocycles. The maximum absolute atomic E-state index is 13.1. The van der Waals surface area contributed by atoms with Gasteiger partial charge in [0.1, 0.15) is 11.8 Å². The summed E-state index contributed by atoms with van der Waals surface area (Å²) in [5, 5.41) is 2.95. The minimum absolute atomic E-state index is 0.275. The van der Waals surface area contributed by atoms with Gasteiger partial charge in [-0.25, -0.2) is 8.42 Å². The average Bonchev–Trinajstić information content (AvgIpc) is 2.63. The Kier molecular flexibility index (Phi) is 7.30. The predicted molar refractivity (Wildman–Crippen MR) is 117 cm³/mol. The maximum Gasteiger partial charge on any atom is 0.244 e. The van der Waals surface area contributed by atoms with Crippen LogP contribution < -0.4 is 14.4 Å². The van der Waals surface area contributed by atoms with Gasteiger partial charge in [-0.15, -0.1) is 0 Å². The number of carbonyl (C=O) groups excluding carboxylic acids is 1. The van der Waals surface area contributed by atoms with Crippen molar-refractivity contribution in [2.45, 2.75) is 46.2 Å². The Morgan fingerprint density at radius 3 is 2.10 bits per heavy atom. The van der Waals surface area contributed by atoms with Gasteiger partial charge in [-0.3, -0.25) is 9.10 Å². The van der Waals surface area contributed by atoms with Crippen LogP contribution in [0.1, 0.15) is 43.0 Å². The van der Waals surface area contributed by atoms with E-state index in [2.05, 4.69) is 5.32 Å². The summed E-state index contributed by atoms with van der Waals surface area (Å²) >= 11 is 0. The number of amides is 1. The van der Waals surface area contributed by atoms with Crippen molar-refractivity contribution >= 4 is 21.6 Å². The van der Waals surface area contributed by atoms with E-state index in [1.54, 1.807) is 19.2 Å². The van der Waals surface area contributed by atoms with Crippen molar-refractivity contribution in [2.75, 3.05) is 17.7 Å². The smallest absolute Gasteiger partial charge is 0.244 e. The fraction of sp³-hybridized carbons (Fsp3) is 0.409. The van der Waals surface area contributed by atoms with Gasteiger partial charge in [-0.05, 0) is 68.1 Å². The van der Waals surface area contributed by atoms with Crippen molar-refractivity contribution in [2.24, 2.45) is 0 Å². The number of benzene rings is 2. The lowest BCUT2D eigenvalue weighted by molar-refractivity contribution is -0.122. The standard InChI is InChI=1S/C22H30N2O4S/c1-7-21(22(25)23-17(4)18-8-10-20(28-5)11-9-18)24(29(6,26)27)19-13-15(2)12-16(3)14-19/h8-14,17,21H,7H2,1-6H3,(H,23,25)/t17-,21-/m1/s1. The second-order valence-electron chi connectivity index (χ2n) is 7.33. The van der Waals surface area contributed by atoms with Crippen LogP contribution in [0, 0.1) is 13.8 Å². The number of sulfonamides is 1. The monoisotopic (exact) mass is 418 g/mol. The second kappa shape index (κ2) is 9.31. The first-order chi connectivity index (χ1) is 13.6. The molecular weight excluding hydrogens is 388 g/mol. The number of aryl methyl sites for hydroxylation is 2. The van der Waals surface area contributed by atoms with Crippen molar-refractivity contribution in [1.29, 1.82) is 0 Å². The summed E-state index contributed by atoms with van der Waals surface area (Å²) in [7, 11) is -2.07. The van der Waals surface area contributed by atoms with E-state index in [1.807, 2.05) is 58.0 Å². The minimum atomic E-state index is -3.66. The van der Waals surface area contributed by atoms with E-state index in [0.717, 1.165) is 28.7 Å². The van der Waals surface area contributed by atoms with E-state index < -0.39 is 16.1 Å². The number of nitrogens with zero attached hydrogens (tertiary/aromatic N) is 1. The number of hydrogen-bond acceptors (Lipinski definition) is 4. The molecule has 0 aromatic heterocycles. The molecule has 2 aromatic carbocycles. The zero-order chi connectivity index (χ0) is 21.8. The number of ether oxygens (including phenoxy) is 1. The molecule has 1 amide bonds. The summed E-state index contributed by atoms with van der Waals surface area (Å²) in [4.78, 5) is 13.1. The third-order valence-electron chi connectivity index (χ3n) is 4.77. The normalized spacial score (nSPS) is 13.4. The lowest BCUT2D eigenvalue weighted by atomic mass is 10.1. The molecule has 0 aliphatic carbocycles. The molecule has 1 N–H and O–H groups in total. The first-order valence-electron chi connectivity index (χ1n) is 9.58. The van der Waals surface area contributed by atoms with Crippen molar-refractivity contribution < 1.29 is 17.9 Å². The zero-order valence-electron chi connectivity index (χ0n) is 17.9. The maximum atomic E-state index is 13.1. The van der Waals surface area contributed by atoms with E-state index in [-0.39, 0.29) is 11.9 Å². The van der Waals surface area contributed by atoms with Crippen LogP contribution in [0.15, 0.2) is 42.5 Å². The summed E-state index contributed by atoms with van der Waals surface area (Å²) in [6, 6.07) is 11.8. The second-order valence-corrected chi connectivity index (χ2v) is 9.19. The van der Waals surface area contributed by atoms with Gasteiger partial charge in [0.2, 0.25) is 15.9 Å². The van der Waals surface area contributed by atoms with E-state index in [4.69, 9.17) is 4.74 Å². The summed E-state index contributed by atoms with van der Waals surface area (Å²) in [6.45, 7) is 7.49. The highest BCUT2D eigenvalue weighted by atomic mass is 32.2. The first kappa shape index (κ1) is 22.7. The van der Waals surface area contributed by atoms with Gasteiger partial charge >= 0.3 is 0 Å². The molecule has 0 aliphatic rings. The molecule has 0 bridgehead atoms.